The zero-order valence-corrected chi connectivity index (χ0v) is 13.6. The number of piperidine rings is 1. The van der Waals surface area contributed by atoms with E-state index in [0.29, 0.717) is 31.1 Å². The van der Waals surface area contributed by atoms with Crippen molar-refractivity contribution in [3.05, 3.63) is 29.8 Å². The lowest BCUT2D eigenvalue weighted by molar-refractivity contribution is 0.101. The van der Waals surface area contributed by atoms with Gasteiger partial charge >= 0.3 is 0 Å². The highest BCUT2D eigenvalue weighted by molar-refractivity contribution is 7.89. The summed E-state index contributed by atoms with van der Waals surface area (Å²) in [5, 5.41) is 0. The summed E-state index contributed by atoms with van der Waals surface area (Å²) in [5.74, 6) is 0.272. The predicted octanol–water partition coefficient (Wildman–Crippen LogP) is 1.67. The Bertz CT molecular complexity index is 596. The number of hydrogen-bond donors (Lipinski definition) is 1. The maximum atomic E-state index is 12.5. The van der Waals surface area contributed by atoms with Crippen LogP contribution in [0.5, 0.6) is 0 Å². The summed E-state index contributed by atoms with van der Waals surface area (Å²) >= 11 is 0. The van der Waals surface area contributed by atoms with Crippen molar-refractivity contribution in [1.29, 1.82) is 0 Å². The molecule has 0 saturated carbocycles. The number of nitrogens with zero attached hydrogens (tertiary/aromatic N) is 1. The zero-order valence-electron chi connectivity index (χ0n) is 12.0. The van der Waals surface area contributed by atoms with Gasteiger partial charge in [-0.25, -0.2) is 8.42 Å². The fraction of sp³-hybridized carbons (Fsp3) is 0.500. The van der Waals surface area contributed by atoms with Crippen molar-refractivity contribution in [1.82, 2.24) is 4.31 Å². The predicted molar refractivity (Wildman–Crippen MR) is 84.2 cm³/mol. The molecular formula is C14H21ClN2O3S. The Morgan fingerprint density at radius 2 is 1.95 bits per heavy atom. The summed E-state index contributed by atoms with van der Waals surface area (Å²) in [6, 6.07) is 6.22. The number of benzene rings is 1. The number of sulfonamides is 1. The van der Waals surface area contributed by atoms with Crippen molar-refractivity contribution in [2.24, 2.45) is 11.7 Å². The van der Waals surface area contributed by atoms with Gasteiger partial charge in [0.1, 0.15) is 0 Å². The van der Waals surface area contributed by atoms with Crippen LogP contribution in [0.25, 0.3) is 0 Å². The van der Waals surface area contributed by atoms with Crippen molar-refractivity contribution >= 4 is 28.2 Å². The van der Waals surface area contributed by atoms with E-state index in [0.717, 1.165) is 12.8 Å². The number of Topliss-reactive ketones (excluding diaryl/α,β-unsaturated/α-hetero) is 1. The van der Waals surface area contributed by atoms with Gasteiger partial charge in [-0.1, -0.05) is 12.1 Å². The van der Waals surface area contributed by atoms with Crippen molar-refractivity contribution < 1.29 is 13.2 Å². The Kier molecular flexibility index (Phi) is 6.34. The second kappa shape index (κ2) is 7.35. The monoisotopic (exact) mass is 332 g/mol. The molecule has 2 rings (SSSR count). The average molecular weight is 333 g/mol. The molecule has 0 aliphatic carbocycles. The largest absolute Gasteiger partial charge is 0.330 e. The van der Waals surface area contributed by atoms with Gasteiger partial charge in [-0.05, 0) is 44.4 Å². The van der Waals surface area contributed by atoms with E-state index in [4.69, 9.17) is 5.73 Å². The van der Waals surface area contributed by atoms with E-state index in [1.807, 2.05) is 0 Å². The van der Waals surface area contributed by atoms with E-state index in [9.17, 15) is 13.2 Å². The van der Waals surface area contributed by atoms with Crippen molar-refractivity contribution in [2.75, 3.05) is 19.6 Å². The summed E-state index contributed by atoms with van der Waals surface area (Å²) in [6.07, 6.45) is 1.59. The molecule has 1 saturated heterocycles. The first-order chi connectivity index (χ1) is 9.45. The Hall–Kier alpha value is -0.950. The standard InChI is InChI=1S/C14H20N2O3S.ClH/c1-11(17)13-3-2-4-14(9-13)20(18,19)16-7-5-12(10-15)6-8-16;/h2-4,9,12H,5-8,10,15H2,1H3;1H. The molecule has 118 valence electrons. The molecule has 1 heterocycles. The molecule has 1 aromatic rings. The van der Waals surface area contributed by atoms with Gasteiger partial charge in [0.2, 0.25) is 10.0 Å². The minimum atomic E-state index is -3.51. The van der Waals surface area contributed by atoms with Crippen LogP contribution in [0.1, 0.15) is 30.1 Å². The molecule has 1 aliphatic rings. The molecule has 0 amide bonds. The van der Waals surface area contributed by atoms with Gasteiger partial charge < -0.3 is 5.73 Å². The zero-order chi connectivity index (χ0) is 14.8. The number of ketones is 1. The lowest BCUT2D eigenvalue weighted by atomic mass is 9.99. The second-order valence-corrected chi connectivity index (χ2v) is 7.11. The minimum Gasteiger partial charge on any atom is -0.330 e. The van der Waals surface area contributed by atoms with Crippen LogP contribution in [0.2, 0.25) is 0 Å². The third kappa shape index (κ3) is 4.03. The molecule has 0 atom stereocenters. The average Bonchev–Trinajstić information content (AvgIpc) is 2.47. The van der Waals surface area contributed by atoms with E-state index in [2.05, 4.69) is 0 Å². The molecular weight excluding hydrogens is 312 g/mol. The summed E-state index contributed by atoms with van der Waals surface area (Å²) in [4.78, 5) is 11.6. The second-order valence-electron chi connectivity index (χ2n) is 5.17. The molecule has 21 heavy (non-hydrogen) atoms. The summed E-state index contributed by atoms with van der Waals surface area (Å²) in [7, 11) is -3.51. The van der Waals surface area contributed by atoms with Gasteiger partial charge in [0.25, 0.3) is 0 Å². The fourth-order valence-electron chi connectivity index (χ4n) is 2.41. The first-order valence-electron chi connectivity index (χ1n) is 6.76. The summed E-state index contributed by atoms with van der Waals surface area (Å²) in [5.41, 5.74) is 6.04. The maximum absolute atomic E-state index is 12.5. The minimum absolute atomic E-state index is 0. The Labute approximate surface area is 132 Å². The number of carbonyl (C=O) groups is 1. The highest BCUT2D eigenvalue weighted by Crippen LogP contribution is 2.23. The highest BCUT2D eigenvalue weighted by atomic mass is 35.5. The van der Waals surface area contributed by atoms with Gasteiger partial charge in [0.15, 0.2) is 5.78 Å². The summed E-state index contributed by atoms with van der Waals surface area (Å²) < 4.78 is 26.6. The number of halogens is 1. The lowest BCUT2D eigenvalue weighted by Gasteiger charge is -2.30. The highest BCUT2D eigenvalue weighted by Gasteiger charge is 2.29. The van der Waals surface area contributed by atoms with Crippen LogP contribution in [-0.4, -0.2) is 38.1 Å². The molecule has 2 N–H and O–H groups in total. The third-order valence-electron chi connectivity index (χ3n) is 3.79. The number of rotatable bonds is 4. The molecule has 0 unspecified atom stereocenters. The first kappa shape index (κ1) is 18.1. The van der Waals surface area contributed by atoms with Gasteiger partial charge in [0, 0.05) is 18.7 Å². The molecule has 1 aromatic carbocycles. The molecule has 1 fully saturated rings. The number of carbonyl (C=O) groups excluding carboxylic acids is 1. The van der Waals surface area contributed by atoms with Gasteiger partial charge in [0.05, 0.1) is 4.90 Å². The maximum Gasteiger partial charge on any atom is 0.243 e. The molecule has 0 bridgehead atoms. The van der Waals surface area contributed by atoms with Crippen LogP contribution < -0.4 is 5.73 Å². The molecule has 0 radical (unpaired) electrons. The summed E-state index contributed by atoms with van der Waals surface area (Å²) in [6.45, 7) is 3.02. The SMILES string of the molecule is CC(=O)c1cccc(S(=O)(=O)N2CCC(CN)CC2)c1.Cl. The normalized spacial score (nSPS) is 17.2. The smallest absolute Gasteiger partial charge is 0.243 e. The third-order valence-corrected chi connectivity index (χ3v) is 5.68. The first-order valence-corrected chi connectivity index (χ1v) is 8.20. The fourth-order valence-corrected chi connectivity index (χ4v) is 3.93. The van der Waals surface area contributed by atoms with Crippen molar-refractivity contribution in [3.8, 4) is 0 Å². The van der Waals surface area contributed by atoms with Crippen LogP contribution in [0, 0.1) is 5.92 Å². The quantitative estimate of drug-likeness (QED) is 0.850. The van der Waals surface area contributed by atoms with Gasteiger partial charge in [-0.2, -0.15) is 4.31 Å². The van der Waals surface area contributed by atoms with Crippen LogP contribution in [0.15, 0.2) is 29.2 Å². The van der Waals surface area contributed by atoms with Crippen LogP contribution in [0.4, 0.5) is 0 Å². The van der Waals surface area contributed by atoms with Gasteiger partial charge in [-0.15, -0.1) is 12.4 Å². The number of hydrogen-bond acceptors (Lipinski definition) is 4. The van der Waals surface area contributed by atoms with Crippen LogP contribution in [0.3, 0.4) is 0 Å². The van der Waals surface area contributed by atoms with Crippen LogP contribution in [-0.2, 0) is 10.0 Å². The molecule has 7 heteroatoms. The van der Waals surface area contributed by atoms with Crippen molar-refractivity contribution in [3.63, 3.8) is 0 Å². The molecule has 0 spiro atoms. The molecule has 5 nitrogen and oxygen atoms in total. The molecule has 1 aliphatic heterocycles. The van der Waals surface area contributed by atoms with Crippen LogP contribution >= 0.6 is 12.4 Å². The number of nitrogens with two attached hydrogens (primary N) is 1. The van der Waals surface area contributed by atoms with E-state index in [-0.39, 0.29) is 23.1 Å². The van der Waals surface area contributed by atoms with E-state index in [1.165, 1.54) is 23.4 Å². The van der Waals surface area contributed by atoms with Gasteiger partial charge in [-0.3, -0.25) is 4.79 Å². The van der Waals surface area contributed by atoms with E-state index >= 15 is 0 Å². The topological polar surface area (TPSA) is 80.5 Å². The Morgan fingerprint density at radius 3 is 2.48 bits per heavy atom. The Balaban J connectivity index is 0.00000220. The Morgan fingerprint density at radius 1 is 1.33 bits per heavy atom. The lowest BCUT2D eigenvalue weighted by Crippen LogP contribution is -2.40. The van der Waals surface area contributed by atoms with E-state index in [1.54, 1.807) is 12.1 Å². The van der Waals surface area contributed by atoms with E-state index < -0.39 is 10.0 Å². The van der Waals surface area contributed by atoms with Crippen molar-refractivity contribution in [2.45, 2.75) is 24.7 Å². The molecule has 0 aromatic heterocycles.